The molecule has 0 aliphatic carbocycles. The molecule has 4 aromatic carbocycles. The number of pyridine rings is 1. The Morgan fingerprint density at radius 2 is 1.24 bits per heavy atom. The van der Waals surface area contributed by atoms with Gasteiger partial charge in [0, 0.05) is 17.3 Å². The van der Waals surface area contributed by atoms with Gasteiger partial charge in [-0.15, -0.1) is 0 Å². The third-order valence-corrected chi connectivity index (χ3v) is 9.23. The van der Waals surface area contributed by atoms with Gasteiger partial charge < -0.3 is 18.2 Å². The Bertz CT molecular complexity index is 1770. The van der Waals surface area contributed by atoms with E-state index in [2.05, 4.69) is 23.5 Å². The van der Waals surface area contributed by atoms with Crippen LogP contribution in [-0.4, -0.2) is 11.5 Å². The van der Waals surface area contributed by atoms with Gasteiger partial charge in [-0.2, -0.15) is 0 Å². The first kappa shape index (κ1) is 26.5. The second kappa shape index (κ2) is 11.4. The quantitative estimate of drug-likeness (QED) is 0.166. The normalized spacial score (nSPS) is 12.1. The van der Waals surface area contributed by atoms with Crippen LogP contribution in [-0.2, 0) is 4.57 Å². The molecule has 0 radical (unpaired) electrons. The van der Waals surface area contributed by atoms with Gasteiger partial charge in [-0.25, -0.2) is 4.57 Å². The Morgan fingerprint density at radius 1 is 0.659 bits per heavy atom. The summed E-state index contributed by atoms with van der Waals surface area (Å²) >= 11 is 0. The number of para-hydroxylation sites is 2. The van der Waals surface area contributed by atoms with E-state index in [1.165, 1.54) is 0 Å². The van der Waals surface area contributed by atoms with Crippen molar-refractivity contribution in [1.82, 2.24) is 4.40 Å². The summed E-state index contributed by atoms with van der Waals surface area (Å²) in [5.74, 6) is 1.75. The minimum absolute atomic E-state index is 0.474. The van der Waals surface area contributed by atoms with Crippen molar-refractivity contribution in [1.29, 1.82) is 0 Å². The molecular formula is C35H30NO4P. The molecule has 5 nitrogen and oxygen atoms in total. The number of benzene rings is 4. The average molecular weight is 560 g/mol. The molecule has 0 saturated heterocycles. The molecule has 1 atom stereocenters. The summed E-state index contributed by atoms with van der Waals surface area (Å²) in [5, 5.41) is 0. The van der Waals surface area contributed by atoms with Gasteiger partial charge in [0.1, 0.15) is 22.9 Å². The highest BCUT2D eigenvalue weighted by molar-refractivity contribution is 7.55. The smallest absolute Gasteiger partial charge is 0.442 e. The molecule has 0 aliphatic rings. The van der Waals surface area contributed by atoms with Crippen molar-refractivity contribution in [3.05, 3.63) is 156 Å². The summed E-state index contributed by atoms with van der Waals surface area (Å²) in [6.45, 7) is 2.07. The number of aryl methyl sites for hydroxylation is 1. The summed E-state index contributed by atoms with van der Waals surface area (Å²) in [5.41, 5.74) is 4.96. The largest absolute Gasteiger partial charge is 0.497 e. The zero-order chi connectivity index (χ0) is 28.2. The zero-order valence-corrected chi connectivity index (χ0v) is 23.8. The topological polar surface area (TPSA) is 49.2 Å². The van der Waals surface area contributed by atoms with Crippen LogP contribution >= 0.6 is 7.60 Å². The number of rotatable bonds is 9. The Labute approximate surface area is 240 Å². The van der Waals surface area contributed by atoms with Gasteiger partial charge in [-0.05, 0) is 78.7 Å². The van der Waals surface area contributed by atoms with Gasteiger partial charge >= 0.3 is 7.60 Å². The highest BCUT2D eigenvalue weighted by atomic mass is 31.2. The maximum Gasteiger partial charge on any atom is 0.442 e. The van der Waals surface area contributed by atoms with E-state index >= 15 is 4.57 Å². The number of hydrogen-bond acceptors (Lipinski definition) is 4. The lowest BCUT2D eigenvalue weighted by Gasteiger charge is -2.28. The SMILES string of the molecule is COc1ccc(-c2cc(C(c3ccccc3)P(=O)(Oc3ccccc3)Oc3ccccc3)c3ccccn23)c(C)c1. The Kier molecular flexibility index (Phi) is 7.37. The highest BCUT2D eigenvalue weighted by Crippen LogP contribution is 2.63. The summed E-state index contributed by atoms with van der Waals surface area (Å²) < 4.78 is 35.7. The first-order valence-corrected chi connectivity index (χ1v) is 15.1. The molecule has 0 N–H and O–H groups in total. The van der Waals surface area contributed by atoms with Gasteiger partial charge in [0.25, 0.3) is 0 Å². The van der Waals surface area contributed by atoms with Gasteiger partial charge in [-0.3, -0.25) is 0 Å². The summed E-state index contributed by atoms with van der Waals surface area (Å²) in [6, 6.07) is 42.4. The van der Waals surface area contributed by atoms with Gasteiger partial charge in [0.05, 0.1) is 18.3 Å². The fraction of sp³-hybridized carbons (Fsp3) is 0.0857. The van der Waals surface area contributed by atoms with Crippen LogP contribution in [0.4, 0.5) is 0 Å². The summed E-state index contributed by atoms with van der Waals surface area (Å²) in [6.07, 6.45) is 2.03. The van der Waals surface area contributed by atoms with Crippen LogP contribution in [0.1, 0.15) is 22.3 Å². The summed E-state index contributed by atoms with van der Waals surface area (Å²) in [7, 11) is -2.29. The highest BCUT2D eigenvalue weighted by Gasteiger charge is 2.43. The van der Waals surface area contributed by atoms with E-state index in [1.54, 1.807) is 31.4 Å². The van der Waals surface area contributed by atoms with Crippen LogP contribution in [0.25, 0.3) is 16.8 Å². The van der Waals surface area contributed by atoms with E-state index in [9.17, 15) is 0 Å². The fourth-order valence-corrected chi connectivity index (χ4v) is 7.37. The van der Waals surface area contributed by atoms with Crippen molar-refractivity contribution in [2.75, 3.05) is 7.11 Å². The number of hydrogen-bond donors (Lipinski definition) is 0. The lowest BCUT2D eigenvalue weighted by molar-refractivity contribution is 0.378. The van der Waals surface area contributed by atoms with Gasteiger partial charge in [-0.1, -0.05) is 72.8 Å². The second-order valence-electron chi connectivity index (χ2n) is 9.78. The molecule has 0 amide bonds. The van der Waals surface area contributed by atoms with E-state index in [1.807, 2.05) is 103 Å². The molecule has 0 spiro atoms. The predicted molar refractivity (Wildman–Crippen MR) is 164 cm³/mol. The van der Waals surface area contributed by atoms with Crippen molar-refractivity contribution in [3.8, 4) is 28.5 Å². The van der Waals surface area contributed by atoms with Gasteiger partial charge in [0.2, 0.25) is 0 Å². The molecule has 204 valence electrons. The molecule has 2 aromatic heterocycles. The molecule has 2 heterocycles. The van der Waals surface area contributed by atoms with Crippen LogP contribution in [0, 0.1) is 6.92 Å². The standard InChI is InChI=1S/C35H30NO4P/c1-26-24-30(38-2)21-22-31(26)34-25-32(33-20-12-13-23-36(33)34)35(27-14-6-3-7-15-27)41(37,39-28-16-8-4-9-17-28)40-29-18-10-5-11-19-29/h3-25,35H,1-2H3. The molecule has 6 aromatic rings. The number of methoxy groups -OCH3 is 1. The maximum absolute atomic E-state index is 15.3. The van der Waals surface area contributed by atoms with E-state index in [0.29, 0.717) is 11.5 Å². The number of ether oxygens (including phenoxy) is 1. The third-order valence-electron chi connectivity index (χ3n) is 7.09. The first-order chi connectivity index (χ1) is 20.1. The minimum atomic E-state index is -3.96. The molecule has 0 fully saturated rings. The molecule has 0 aliphatic heterocycles. The van der Waals surface area contributed by atoms with Crippen molar-refractivity contribution in [2.24, 2.45) is 0 Å². The number of nitrogens with zero attached hydrogens (tertiary/aromatic N) is 1. The second-order valence-corrected chi connectivity index (χ2v) is 11.7. The number of aromatic nitrogens is 1. The van der Waals surface area contributed by atoms with E-state index in [-0.39, 0.29) is 0 Å². The molecule has 0 saturated carbocycles. The minimum Gasteiger partial charge on any atom is -0.497 e. The van der Waals surface area contributed by atoms with E-state index in [0.717, 1.165) is 39.2 Å². The van der Waals surface area contributed by atoms with Crippen LogP contribution < -0.4 is 13.8 Å². The molecule has 41 heavy (non-hydrogen) atoms. The van der Waals surface area contributed by atoms with Gasteiger partial charge in [0.15, 0.2) is 0 Å². The molecule has 1 unspecified atom stereocenters. The van der Waals surface area contributed by atoms with Crippen LogP contribution in [0.5, 0.6) is 17.2 Å². The average Bonchev–Trinajstić information content (AvgIpc) is 3.37. The van der Waals surface area contributed by atoms with Crippen molar-refractivity contribution in [3.63, 3.8) is 0 Å². The monoisotopic (exact) mass is 559 g/mol. The van der Waals surface area contributed by atoms with Crippen LogP contribution in [0.15, 0.2) is 140 Å². The van der Waals surface area contributed by atoms with Crippen LogP contribution in [0.3, 0.4) is 0 Å². The lowest BCUT2D eigenvalue weighted by atomic mass is 10.0. The predicted octanol–water partition coefficient (Wildman–Crippen LogP) is 9.36. The molecule has 6 heteroatoms. The summed E-state index contributed by atoms with van der Waals surface area (Å²) in [4.78, 5) is 0. The first-order valence-electron chi connectivity index (χ1n) is 13.4. The van der Waals surface area contributed by atoms with Crippen molar-refractivity contribution in [2.45, 2.75) is 12.6 Å². The van der Waals surface area contributed by atoms with Crippen molar-refractivity contribution >= 4 is 13.1 Å². The Balaban J connectivity index is 1.60. The maximum atomic E-state index is 15.3. The lowest BCUT2D eigenvalue weighted by Crippen LogP contribution is -2.12. The van der Waals surface area contributed by atoms with E-state index in [4.69, 9.17) is 13.8 Å². The zero-order valence-electron chi connectivity index (χ0n) is 22.9. The molecular weight excluding hydrogens is 529 g/mol. The Hall–Kier alpha value is -4.73. The molecule has 0 bridgehead atoms. The van der Waals surface area contributed by atoms with Crippen molar-refractivity contribution < 1.29 is 18.3 Å². The number of fused-ring (bicyclic) bond motifs is 1. The van der Waals surface area contributed by atoms with Crippen LogP contribution in [0.2, 0.25) is 0 Å². The fourth-order valence-electron chi connectivity index (χ4n) is 5.20. The van der Waals surface area contributed by atoms with E-state index < -0.39 is 13.3 Å². The Morgan fingerprint density at radius 3 is 1.83 bits per heavy atom. The third kappa shape index (κ3) is 5.37. The molecule has 6 rings (SSSR count).